The number of hydrogen-bond donors (Lipinski definition) is 0. The summed E-state index contributed by atoms with van der Waals surface area (Å²) < 4.78 is 3.07. The van der Waals surface area contributed by atoms with Crippen LogP contribution in [-0.2, 0) is 20.0 Å². The third kappa shape index (κ3) is 2.57. The van der Waals surface area contributed by atoms with Gasteiger partial charge < -0.3 is 0 Å². The van der Waals surface area contributed by atoms with Gasteiger partial charge in [-0.25, -0.2) is 0 Å². The van der Waals surface area contributed by atoms with Gasteiger partial charge in [-0.05, 0) is 53.8 Å². The van der Waals surface area contributed by atoms with E-state index in [0.717, 1.165) is 34.0 Å². The van der Waals surface area contributed by atoms with Gasteiger partial charge in [-0.2, -0.15) is 15.0 Å². The summed E-state index contributed by atoms with van der Waals surface area (Å²) in [4.78, 5) is 1.63. The molecule has 1 aliphatic rings. The van der Waals surface area contributed by atoms with Crippen molar-refractivity contribution in [2.45, 2.75) is 32.7 Å². The van der Waals surface area contributed by atoms with E-state index in [1.165, 1.54) is 18.4 Å². The number of rotatable bonds is 4. The van der Waals surface area contributed by atoms with Gasteiger partial charge in [0.2, 0.25) is 0 Å². The van der Waals surface area contributed by atoms with Crippen molar-refractivity contribution in [2.24, 2.45) is 13.0 Å². The van der Waals surface area contributed by atoms with Crippen molar-refractivity contribution in [3.8, 4) is 0 Å². The standard InChI is InChI=1S/C12H16IN5/c1-8-10(5-11-12(13)16-17(2)15-11)7-18(14-8)6-9-3-4-9/h7,9H,3-6H2,1-2H3. The lowest BCUT2D eigenvalue weighted by molar-refractivity contribution is 0.559. The van der Waals surface area contributed by atoms with Gasteiger partial charge in [0.05, 0.1) is 5.69 Å². The molecule has 0 aromatic carbocycles. The zero-order valence-electron chi connectivity index (χ0n) is 10.6. The fourth-order valence-corrected chi connectivity index (χ4v) is 2.71. The van der Waals surface area contributed by atoms with E-state index < -0.39 is 0 Å². The average Bonchev–Trinajstić information content (AvgIpc) is 2.95. The maximum Gasteiger partial charge on any atom is 0.147 e. The molecule has 0 radical (unpaired) electrons. The summed E-state index contributed by atoms with van der Waals surface area (Å²) in [5.74, 6) is 0.855. The Morgan fingerprint density at radius 1 is 1.33 bits per heavy atom. The lowest BCUT2D eigenvalue weighted by Crippen LogP contribution is -1.99. The minimum absolute atomic E-state index is 0.822. The van der Waals surface area contributed by atoms with Crippen LogP contribution in [0.25, 0.3) is 0 Å². The molecule has 3 rings (SSSR count). The molecule has 1 saturated carbocycles. The van der Waals surface area contributed by atoms with Gasteiger partial charge >= 0.3 is 0 Å². The van der Waals surface area contributed by atoms with Crippen molar-refractivity contribution < 1.29 is 0 Å². The summed E-state index contributed by atoms with van der Waals surface area (Å²) in [6.07, 6.45) is 5.70. The Morgan fingerprint density at radius 2 is 2.11 bits per heavy atom. The van der Waals surface area contributed by atoms with Crippen LogP contribution in [0.5, 0.6) is 0 Å². The normalized spacial score (nSPS) is 15.3. The van der Waals surface area contributed by atoms with E-state index in [4.69, 9.17) is 0 Å². The summed E-state index contributed by atoms with van der Waals surface area (Å²) in [7, 11) is 1.86. The zero-order valence-corrected chi connectivity index (χ0v) is 12.8. The van der Waals surface area contributed by atoms with Crippen molar-refractivity contribution in [1.82, 2.24) is 24.8 Å². The van der Waals surface area contributed by atoms with Crippen molar-refractivity contribution in [3.05, 3.63) is 26.8 Å². The first kappa shape index (κ1) is 12.1. The second-order valence-electron chi connectivity index (χ2n) is 5.01. The third-order valence-electron chi connectivity index (χ3n) is 3.28. The first-order valence-electron chi connectivity index (χ1n) is 6.20. The van der Waals surface area contributed by atoms with E-state index in [1.807, 2.05) is 7.05 Å². The Bertz CT molecular complexity index is 567. The lowest BCUT2D eigenvalue weighted by atomic mass is 10.1. The second-order valence-corrected chi connectivity index (χ2v) is 6.03. The van der Waals surface area contributed by atoms with Gasteiger partial charge in [0, 0.05) is 26.2 Å². The van der Waals surface area contributed by atoms with Gasteiger partial charge in [-0.1, -0.05) is 0 Å². The number of nitrogens with zero attached hydrogens (tertiary/aromatic N) is 5. The van der Waals surface area contributed by atoms with Crippen LogP contribution in [0.4, 0.5) is 0 Å². The largest absolute Gasteiger partial charge is 0.272 e. The van der Waals surface area contributed by atoms with Crippen LogP contribution in [0.1, 0.15) is 29.8 Å². The van der Waals surface area contributed by atoms with Crippen LogP contribution < -0.4 is 0 Å². The smallest absolute Gasteiger partial charge is 0.147 e. The van der Waals surface area contributed by atoms with Gasteiger partial charge in [0.1, 0.15) is 9.39 Å². The molecule has 0 spiro atoms. The van der Waals surface area contributed by atoms with Crippen molar-refractivity contribution in [1.29, 1.82) is 0 Å². The summed E-state index contributed by atoms with van der Waals surface area (Å²) >= 11 is 2.23. The molecule has 0 bridgehead atoms. The Hall–Kier alpha value is -0.920. The van der Waals surface area contributed by atoms with Crippen molar-refractivity contribution >= 4 is 22.6 Å². The minimum Gasteiger partial charge on any atom is -0.272 e. The summed E-state index contributed by atoms with van der Waals surface area (Å²) in [5.41, 5.74) is 3.40. The van der Waals surface area contributed by atoms with Crippen LogP contribution in [0.15, 0.2) is 6.20 Å². The molecule has 6 heteroatoms. The Kier molecular flexibility index (Phi) is 3.13. The lowest BCUT2D eigenvalue weighted by Gasteiger charge is -1.96. The highest BCUT2D eigenvalue weighted by molar-refractivity contribution is 14.1. The molecule has 0 unspecified atom stereocenters. The van der Waals surface area contributed by atoms with E-state index in [0.29, 0.717) is 0 Å². The van der Waals surface area contributed by atoms with Gasteiger partial charge in [-0.15, -0.1) is 5.10 Å². The summed E-state index contributed by atoms with van der Waals surface area (Å²) in [5, 5.41) is 13.2. The van der Waals surface area contributed by atoms with Gasteiger partial charge in [-0.3, -0.25) is 4.68 Å². The van der Waals surface area contributed by atoms with Gasteiger partial charge in [0.25, 0.3) is 0 Å². The van der Waals surface area contributed by atoms with Crippen LogP contribution in [0, 0.1) is 16.5 Å². The van der Waals surface area contributed by atoms with Crippen LogP contribution >= 0.6 is 22.6 Å². The van der Waals surface area contributed by atoms with Crippen LogP contribution in [0.3, 0.4) is 0 Å². The molecule has 0 amide bonds. The van der Waals surface area contributed by atoms with Gasteiger partial charge in [0.15, 0.2) is 0 Å². The molecule has 0 atom stereocenters. The molecule has 1 aliphatic carbocycles. The van der Waals surface area contributed by atoms with Crippen molar-refractivity contribution in [2.75, 3.05) is 0 Å². The highest BCUT2D eigenvalue weighted by Gasteiger charge is 2.22. The fourth-order valence-electron chi connectivity index (χ4n) is 2.10. The molecule has 2 aromatic rings. The van der Waals surface area contributed by atoms with E-state index >= 15 is 0 Å². The van der Waals surface area contributed by atoms with Crippen LogP contribution in [0.2, 0.25) is 0 Å². The Balaban J connectivity index is 1.78. The SMILES string of the molecule is Cc1nn(CC2CC2)cc1Cc1nn(C)nc1I. The monoisotopic (exact) mass is 357 g/mol. The van der Waals surface area contributed by atoms with Crippen LogP contribution in [-0.4, -0.2) is 24.8 Å². The molecule has 0 saturated heterocycles. The molecular formula is C12H16IN5. The molecule has 0 N–H and O–H groups in total. The summed E-state index contributed by atoms with van der Waals surface area (Å²) in [6, 6.07) is 0. The maximum atomic E-state index is 4.58. The first-order chi connectivity index (χ1) is 8.61. The Morgan fingerprint density at radius 3 is 2.72 bits per heavy atom. The number of aromatic nitrogens is 5. The molecule has 2 heterocycles. The molecule has 2 aromatic heterocycles. The topological polar surface area (TPSA) is 48.5 Å². The number of aryl methyl sites for hydroxylation is 2. The fraction of sp³-hybridized carbons (Fsp3) is 0.583. The molecule has 18 heavy (non-hydrogen) atoms. The Labute approximate surface area is 120 Å². The third-order valence-corrected chi connectivity index (χ3v) is 4.12. The van der Waals surface area contributed by atoms with E-state index in [9.17, 15) is 0 Å². The average molecular weight is 357 g/mol. The number of hydrogen-bond acceptors (Lipinski definition) is 3. The minimum atomic E-state index is 0.822. The summed E-state index contributed by atoms with van der Waals surface area (Å²) in [6.45, 7) is 3.14. The predicted octanol–water partition coefficient (Wildman–Crippen LogP) is 1.93. The zero-order chi connectivity index (χ0) is 12.7. The molecule has 96 valence electrons. The van der Waals surface area contributed by atoms with E-state index in [-0.39, 0.29) is 0 Å². The van der Waals surface area contributed by atoms with Crippen molar-refractivity contribution in [3.63, 3.8) is 0 Å². The van der Waals surface area contributed by atoms with E-state index in [2.05, 4.69) is 55.7 Å². The molecular weight excluding hydrogens is 341 g/mol. The highest BCUT2D eigenvalue weighted by atomic mass is 127. The predicted molar refractivity (Wildman–Crippen MR) is 76.2 cm³/mol. The molecule has 1 fully saturated rings. The maximum absolute atomic E-state index is 4.58. The molecule has 0 aliphatic heterocycles. The first-order valence-corrected chi connectivity index (χ1v) is 7.28. The quantitative estimate of drug-likeness (QED) is 0.786. The number of halogens is 1. The second kappa shape index (κ2) is 4.64. The highest BCUT2D eigenvalue weighted by Crippen LogP contribution is 2.30. The molecule has 5 nitrogen and oxygen atoms in total. The van der Waals surface area contributed by atoms with E-state index in [1.54, 1.807) is 4.80 Å².